The van der Waals surface area contributed by atoms with Crippen molar-refractivity contribution in [2.75, 3.05) is 24.8 Å². The number of ether oxygens (including phenoxy) is 2. The smallest absolute Gasteiger partial charge is 0.348 e. The lowest BCUT2D eigenvalue weighted by Gasteiger charge is -2.05. The Bertz CT molecular complexity index is 857. The molecule has 142 valence electrons. The fourth-order valence-electron chi connectivity index (χ4n) is 2.12. The van der Waals surface area contributed by atoms with Crippen LogP contribution in [-0.2, 0) is 9.53 Å². The molecule has 0 aliphatic carbocycles. The lowest BCUT2D eigenvalue weighted by molar-refractivity contribution is -0.113. The molecule has 9 heteroatoms. The van der Waals surface area contributed by atoms with Crippen LogP contribution in [-0.4, -0.2) is 31.3 Å². The molecule has 6 nitrogen and oxygen atoms in total. The summed E-state index contributed by atoms with van der Waals surface area (Å²) >= 11 is 3.43. The third-order valence-corrected chi connectivity index (χ3v) is 6.52. The average Bonchev–Trinajstić information content (AvgIpc) is 2.97. The van der Waals surface area contributed by atoms with Gasteiger partial charge in [-0.05, 0) is 55.4 Å². The third-order valence-electron chi connectivity index (χ3n) is 3.38. The zero-order chi connectivity index (χ0) is 19.8. The van der Waals surface area contributed by atoms with Crippen molar-refractivity contribution in [2.45, 2.75) is 23.6 Å². The fourth-order valence-corrected chi connectivity index (χ4v) is 4.64. The van der Waals surface area contributed by atoms with Gasteiger partial charge in [-0.2, -0.15) is 5.26 Å². The maximum Gasteiger partial charge on any atom is 0.348 e. The van der Waals surface area contributed by atoms with Crippen LogP contribution in [0.4, 0.5) is 5.00 Å². The number of thioether (sulfide) groups is 2. The van der Waals surface area contributed by atoms with Gasteiger partial charge in [0, 0.05) is 4.90 Å². The first-order valence-corrected chi connectivity index (χ1v) is 10.5. The van der Waals surface area contributed by atoms with E-state index in [-0.39, 0.29) is 18.3 Å². The van der Waals surface area contributed by atoms with Crippen LogP contribution in [0.15, 0.2) is 34.1 Å². The molecule has 0 radical (unpaired) electrons. The molecular weight excluding hydrogens is 404 g/mol. The maximum absolute atomic E-state index is 12.3. The number of carbonyl (C=O) groups is 2. The van der Waals surface area contributed by atoms with Crippen LogP contribution < -0.4 is 10.1 Å². The number of esters is 1. The first-order valence-electron chi connectivity index (χ1n) is 7.93. The molecule has 0 fully saturated rings. The van der Waals surface area contributed by atoms with E-state index in [9.17, 15) is 9.59 Å². The van der Waals surface area contributed by atoms with Gasteiger partial charge in [-0.3, -0.25) is 4.79 Å². The van der Waals surface area contributed by atoms with E-state index in [0.717, 1.165) is 33.7 Å². The second kappa shape index (κ2) is 10.3. The van der Waals surface area contributed by atoms with Gasteiger partial charge in [-0.1, -0.05) is 0 Å². The first kappa shape index (κ1) is 21.2. The van der Waals surface area contributed by atoms with Crippen molar-refractivity contribution in [1.82, 2.24) is 0 Å². The Morgan fingerprint density at radius 2 is 2.00 bits per heavy atom. The zero-order valence-corrected chi connectivity index (χ0v) is 17.5. The summed E-state index contributed by atoms with van der Waals surface area (Å²) in [7, 11) is 1.60. The van der Waals surface area contributed by atoms with Gasteiger partial charge in [0.05, 0.1) is 24.4 Å². The van der Waals surface area contributed by atoms with Crippen LogP contribution in [0.1, 0.15) is 22.2 Å². The van der Waals surface area contributed by atoms with E-state index < -0.39 is 5.97 Å². The Labute approximate surface area is 170 Å². The monoisotopic (exact) mass is 422 g/mol. The quantitative estimate of drug-likeness (QED) is 0.379. The van der Waals surface area contributed by atoms with Crippen LogP contribution in [0.5, 0.6) is 5.75 Å². The van der Waals surface area contributed by atoms with E-state index in [1.54, 1.807) is 21.0 Å². The summed E-state index contributed by atoms with van der Waals surface area (Å²) in [5.41, 5.74) is 0.642. The summed E-state index contributed by atoms with van der Waals surface area (Å²) in [6, 6.07) is 7.41. The molecule has 2 aromatic rings. The van der Waals surface area contributed by atoms with Crippen LogP contribution in [0.3, 0.4) is 0 Å². The zero-order valence-electron chi connectivity index (χ0n) is 15.0. The molecule has 0 aliphatic rings. The molecule has 1 N–H and O–H groups in total. The predicted octanol–water partition coefficient (Wildman–Crippen LogP) is 4.55. The number of nitriles is 1. The molecule has 1 heterocycles. The van der Waals surface area contributed by atoms with Crippen LogP contribution in [0.25, 0.3) is 0 Å². The molecule has 2 rings (SSSR count). The van der Waals surface area contributed by atoms with Crippen molar-refractivity contribution in [2.24, 2.45) is 0 Å². The normalized spacial score (nSPS) is 10.1. The van der Waals surface area contributed by atoms with E-state index in [4.69, 9.17) is 14.7 Å². The summed E-state index contributed by atoms with van der Waals surface area (Å²) in [6.07, 6.45) is 0. The minimum absolute atomic E-state index is 0.203. The second-order valence-electron chi connectivity index (χ2n) is 5.14. The standard InChI is InChI=1S/C18H18N2O4S3/c1-4-24-18(22)16-11(2)15(26-10-19)17(27-16)20-14(21)9-25-13-7-5-12(23-3)6-8-13/h5-8H,4,9H2,1-3H3,(H,20,21). The Hall–Kier alpha value is -2.15. The molecule has 1 aromatic heterocycles. The number of nitrogens with zero attached hydrogens (tertiary/aromatic N) is 1. The number of amides is 1. The number of rotatable bonds is 8. The molecule has 0 saturated carbocycles. The molecule has 0 unspecified atom stereocenters. The van der Waals surface area contributed by atoms with E-state index >= 15 is 0 Å². The summed E-state index contributed by atoms with van der Waals surface area (Å²) in [5.74, 6) is 0.289. The first-order chi connectivity index (χ1) is 13.0. The highest BCUT2D eigenvalue weighted by Gasteiger charge is 2.22. The number of methoxy groups -OCH3 is 1. The van der Waals surface area contributed by atoms with Gasteiger partial charge in [0.15, 0.2) is 0 Å². The summed E-state index contributed by atoms with van der Waals surface area (Å²) in [5, 5.41) is 14.3. The lowest BCUT2D eigenvalue weighted by Crippen LogP contribution is -2.13. The van der Waals surface area contributed by atoms with Crippen LogP contribution >= 0.6 is 34.9 Å². The maximum atomic E-state index is 12.3. The highest BCUT2D eigenvalue weighted by Crippen LogP contribution is 2.40. The van der Waals surface area contributed by atoms with Crippen molar-refractivity contribution >= 4 is 51.7 Å². The Kier molecular flexibility index (Phi) is 8.03. The summed E-state index contributed by atoms with van der Waals surface area (Å²) in [6.45, 7) is 3.73. The Balaban J connectivity index is 2.08. The lowest BCUT2D eigenvalue weighted by atomic mass is 10.3. The molecule has 0 spiro atoms. The largest absolute Gasteiger partial charge is 0.497 e. The van der Waals surface area contributed by atoms with E-state index in [1.807, 2.05) is 29.7 Å². The van der Waals surface area contributed by atoms with Gasteiger partial charge < -0.3 is 14.8 Å². The van der Waals surface area contributed by atoms with Gasteiger partial charge >= 0.3 is 5.97 Å². The molecule has 0 bridgehead atoms. The second-order valence-corrected chi connectivity index (χ2v) is 8.00. The van der Waals surface area contributed by atoms with Gasteiger partial charge in [-0.15, -0.1) is 23.1 Å². The Morgan fingerprint density at radius 3 is 2.59 bits per heavy atom. The highest BCUT2D eigenvalue weighted by molar-refractivity contribution is 8.04. The van der Waals surface area contributed by atoms with Gasteiger partial charge in [0.2, 0.25) is 5.91 Å². The van der Waals surface area contributed by atoms with Gasteiger partial charge in [-0.25, -0.2) is 4.79 Å². The molecular formula is C18H18N2O4S3. The van der Waals surface area contributed by atoms with E-state index in [0.29, 0.717) is 20.3 Å². The average molecular weight is 423 g/mol. The number of benzene rings is 1. The molecule has 1 aromatic carbocycles. The summed E-state index contributed by atoms with van der Waals surface area (Å²) < 4.78 is 10.1. The van der Waals surface area contributed by atoms with Crippen LogP contribution in [0.2, 0.25) is 0 Å². The predicted molar refractivity (Wildman–Crippen MR) is 109 cm³/mol. The molecule has 27 heavy (non-hydrogen) atoms. The number of hydrogen-bond donors (Lipinski definition) is 1. The van der Waals surface area contributed by atoms with Gasteiger partial charge in [0.1, 0.15) is 21.0 Å². The number of nitrogens with one attached hydrogen (secondary N) is 1. The number of thiophene rings is 1. The summed E-state index contributed by atoms with van der Waals surface area (Å²) in [4.78, 5) is 26.3. The van der Waals surface area contributed by atoms with E-state index in [1.165, 1.54) is 11.8 Å². The van der Waals surface area contributed by atoms with Crippen molar-refractivity contribution in [3.8, 4) is 11.2 Å². The third kappa shape index (κ3) is 5.66. The number of anilines is 1. The fraction of sp³-hybridized carbons (Fsp3) is 0.278. The molecule has 0 atom stereocenters. The number of hydrogen-bond acceptors (Lipinski definition) is 8. The van der Waals surface area contributed by atoms with E-state index in [2.05, 4.69) is 5.32 Å². The SMILES string of the molecule is CCOC(=O)c1sc(NC(=O)CSc2ccc(OC)cc2)c(SC#N)c1C. The topological polar surface area (TPSA) is 88.4 Å². The molecule has 0 saturated heterocycles. The van der Waals surface area contributed by atoms with Crippen LogP contribution in [0, 0.1) is 17.6 Å². The minimum atomic E-state index is -0.451. The van der Waals surface area contributed by atoms with Crippen molar-refractivity contribution in [3.05, 3.63) is 34.7 Å². The van der Waals surface area contributed by atoms with Crippen molar-refractivity contribution in [3.63, 3.8) is 0 Å². The minimum Gasteiger partial charge on any atom is -0.497 e. The molecule has 1 amide bonds. The highest BCUT2D eigenvalue weighted by atomic mass is 32.2. The number of thiocyanates is 1. The number of carbonyl (C=O) groups excluding carboxylic acids is 2. The van der Waals surface area contributed by atoms with Crippen molar-refractivity contribution in [1.29, 1.82) is 5.26 Å². The Morgan fingerprint density at radius 1 is 1.30 bits per heavy atom. The molecule has 0 aliphatic heterocycles. The van der Waals surface area contributed by atoms with Gasteiger partial charge in [0.25, 0.3) is 0 Å². The van der Waals surface area contributed by atoms with Crippen molar-refractivity contribution < 1.29 is 19.1 Å².